The minimum Gasteiger partial charge on any atom is -0.512 e. The summed E-state index contributed by atoms with van der Waals surface area (Å²) >= 11 is 0. The van der Waals surface area contributed by atoms with Crippen LogP contribution in [0.1, 0.15) is 25.8 Å². The van der Waals surface area contributed by atoms with Crippen LogP contribution in [0.25, 0.3) is 0 Å². The Morgan fingerprint density at radius 1 is 1.31 bits per heavy atom. The topological polar surface area (TPSA) is 37.3 Å². The predicted octanol–water partition coefficient (Wildman–Crippen LogP) is 3.29. The lowest BCUT2D eigenvalue weighted by Gasteiger charge is -2.03. The van der Waals surface area contributed by atoms with Crippen LogP contribution in [0.3, 0.4) is 0 Å². The molecule has 0 aliphatic heterocycles. The molecule has 0 saturated carbocycles. The maximum Gasteiger partial charge on any atom is 0.163 e. The normalized spacial score (nSPS) is 11.8. The van der Waals surface area contributed by atoms with Crippen molar-refractivity contribution >= 4 is 5.78 Å². The molecule has 1 aromatic rings. The molecular formula is C14H18O2. The van der Waals surface area contributed by atoms with E-state index in [0.717, 1.165) is 5.56 Å². The van der Waals surface area contributed by atoms with Gasteiger partial charge in [0.15, 0.2) is 5.78 Å². The standard InChI is InChI=1S/C14H18O2/c1-11(2)8-13(15)10-14(16)9-12-6-4-3-5-7-12/h3-7,10-11,15H,8-9H2,1-2H3/b13-10-. The number of aliphatic hydroxyl groups is 1. The predicted molar refractivity (Wildman–Crippen MR) is 65.3 cm³/mol. The zero-order valence-electron chi connectivity index (χ0n) is 9.81. The molecule has 0 heterocycles. The summed E-state index contributed by atoms with van der Waals surface area (Å²) in [6.45, 7) is 4.01. The van der Waals surface area contributed by atoms with Crippen molar-refractivity contribution in [1.29, 1.82) is 0 Å². The molecule has 0 bridgehead atoms. The Kier molecular flexibility index (Phi) is 4.77. The maximum atomic E-state index is 11.6. The van der Waals surface area contributed by atoms with Crippen LogP contribution in [-0.4, -0.2) is 10.9 Å². The Morgan fingerprint density at radius 3 is 2.50 bits per heavy atom. The van der Waals surface area contributed by atoms with Crippen molar-refractivity contribution in [3.63, 3.8) is 0 Å². The smallest absolute Gasteiger partial charge is 0.163 e. The van der Waals surface area contributed by atoms with Crippen LogP contribution in [-0.2, 0) is 11.2 Å². The van der Waals surface area contributed by atoms with Gasteiger partial charge in [0.1, 0.15) is 0 Å². The van der Waals surface area contributed by atoms with Crippen LogP contribution in [0, 0.1) is 5.92 Å². The first-order valence-corrected chi connectivity index (χ1v) is 5.54. The van der Waals surface area contributed by atoms with E-state index in [-0.39, 0.29) is 11.5 Å². The molecule has 0 radical (unpaired) electrons. The summed E-state index contributed by atoms with van der Waals surface area (Å²) in [5.74, 6) is 0.487. The van der Waals surface area contributed by atoms with Crippen LogP contribution in [0.5, 0.6) is 0 Å². The van der Waals surface area contributed by atoms with Crippen LogP contribution in [0.2, 0.25) is 0 Å². The highest BCUT2D eigenvalue weighted by Crippen LogP contribution is 2.08. The molecule has 0 aliphatic carbocycles. The summed E-state index contributed by atoms with van der Waals surface area (Å²) in [5.41, 5.74) is 0.973. The number of hydrogen-bond acceptors (Lipinski definition) is 2. The summed E-state index contributed by atoms with van der Waals surface area (Å²) in [5, 5.41) is 9.51. The number of aliphatic hydroxyl groups excluding tert-OH is 1. The minimum atomic E-state index is -0.0515. The van der Waals surface area contributed by atoms with Gasteiger partial charge in [0.25, 0.3) is 0 Å². The summed E-state index contributed by atoms with van der Waals surface area (Å²) < 4.78 is 0. The van der Waals surface area contributed by atoms with E-state index in [1.54, 1.807) is 0 Å². The van der Waals surface area contributed by atoms with E-state index in [9.17, 15) is 9.90 Å². The Hall–Kier alpha value is -1.57. The third kappa shape index (κ3) is 4.78. The quantitative estimate of drug-likeness (QED) is 0.608. The number of benzene rings is 1. The Labute approximate surface area is 96.6 Å². The van der Waals surface area contributed by atoms with Crippen LogP contribution < -0.4 is 0 Å². The highest BCUT2D eigenvalue weighted by atomic mass is 16.3. The highest BCUT2D eigenvalue weighted by Gasteiger charge is 2.04. The van der Waals surface area contributed by atoms with Gasteiger partial charge in [0.2, 0.25) is 0 Å². The lowest BCUT2D eigenvalue weighted by molar-refractivity contribution is -0.114. The Balaban J connectivity index is 2.54. The van der Waals surface area contributed by atoms with E-state index in [1.165, 1.54) is 6.08 Å². The molecule has 16 heavy (non-hydrogen) atoms. The number of rotatable bonds is 5. The summed E-state index contributed by atoms with van der Waals surface area (Å²) in [7, 11) is 0. The van der Waals surface area contributed by atoms with Crippen molar-refractivity contribution in [3.05, 3.63) is 47.7 Å². The largest absolute Gasteiger partial charge is 0.512 e. The monoisotopic (exact) mass is 218 g/mol. The number of hydrogen-bond donors (Lipinski definition) is 1. The molecule has 2 heteroatoms. The van der Waals surface area contributed by atoms with Gasteiger partial charge in [0.05, 0.1) is 5.76 Å². The van der Waals surface area contributed by atoms with Crippen LogP contribution in [0.15, 0.2) is 42.2 Å². The molecule has 0 amide bonds. The van der Waals surface area contributed by atoms with Crippen LogP contribution >= 0.6 is 0 Å². The molecule has 1 rings (SSSR count). The zero-order chi connectivity index (χ0) is 12.0. The Morgan fingerprint density at radius 2 is 1.94 bits per heavy atom. The van der Waals surface area contributed by atoms with E-state index in [2.05, 4.69) is 0 Å². The molecule has 86 valence electrons. The lowest BCUT2D eigenvalue weighted by atomic mass is 10.1. The van der Waals surface area contributed by atoms with E-state index >= 15 is 0 Å². The van der Waals surface area contributed by atoms with E-state index in [1.807, 2.05) is 44.2 Å². The molecule has 0 fully saturated rings. The van der Waals surface area contributed by atoms with Gasteiger partial charge in [-0.1, -0.05) is 44.2 Å². The SMILES string of the molecule is CC(C)C/C(O)=C/C(=O)Cc1ccccc1. The van der Waals surface area contributed by atoms with Crippen molar-refractivity contribution in [2.75, 3.05) is 0 Å². The van der Waals surface area contributed by atoms with E-state index in [0.29, 0.717) is 18.8 Å². The van der Waals surface area contributed by atoms with Crippen molar-refractivity contribution in [2.45, 2.75) is 26.7 Å². The third-order valence-corrected chi connectivity index (χ3v) is 2.17. The zero-order valence-corrected chi connectivity index (χ0v) is 9.81. The molecule has 0 unspecified atom stereocenters. The third-order valence-electron chi connectivity index (χ3n) is 2.17. The van der Waals surface area contributed by atoms with Crippen molar-refractivity contribution in [3.8, 4) is 0 Å². The van der Waals surface area contributed by atoms with Crippen molar-refractivity contribution in [1.82, 2.24) is 0 Å². The van der Waals surface area contributed by atoms with Gasteiger partial charge in [-0.25, -0.2) is 0 Å². The Bertz CT molecular complexity index is 364. The average molecular weight is 218 g/mol. The summed E-state index contributed by atoms with van der Waals surface area (Å²) in [4.78, 5) is 11.6. The van der Waals surface area contributed by atoms with Gasteiger partial charge in [-0.2, -0.15) is 0 Å². The fourth-order valence-corrected chi connectivity index (χ4v) is 1.51. The molecule has 2 nitrogen and oxygen atoms in total. The van der Waals surface area contributed by atoms with Gasteiger partial charge in [-0.15, -0.1) is 0 Å². The summed E-state index contributed by atoms with van der Waals surface area (Å²) in [6, 6.07) is 9.54. The van der Waals surface area contributed by atoms with E-state index < -0.39 is 0 Å². The molecule has 1 N–H and O–H groups in total. The summed E-state index contributed by atoms with van der Waals surface area (Å²) in [6.07, 6.45) is 2.25. The lowest BCUT2D eigenvalue weighted by Crippen LogP contribution is -2.01. The maximum absolute atomic E-state index is 11.6. The van der Waals surface area contributed by atoms with Gasteiger partial charge < -0.3 is 5.11 Å². The van der Waals surface area contributed by atoms with Gasteiger partial charge in [-0.3, -0.25) is 4.79 Å². The molecule has 0 aliphatic rings. The van der Waals surface area contributed by atoms with Crippen molar-refractivity contribution < 1.29 is 9.90 Å². The average Bonchev–Trinajstić information content (AvgIpc) is 2.17. The molecule has 1 aromatic carbocycles. The van der Waals surface area contributed by atoms with E-state index in [4.69, 9.17) is 0 Å². The molecule has 0 atom stereocenters. The first-order valence-electron chi connectivity index (χ1n) is 5.54. The number of carbonyl (C=O) groups is 1. The van der Waals surface area contributed by atoms with Crippen LogP contribution in [0.4, 0.5) is 0 Å². The molecular weight excluding hydrogens is 200 g/mol. The molecule has 0 saturated heterocycles. The molecule has 0 spiro atoms. The number of ketones is 1. The first-order chi connectivity index (χ1) is 7.58. The fourth-order valence-electron chi connectivity index (χ4n) is 1.51. The van der Waals surface area contributed by atoms with Crippen molar-refractivity contribution in [2.24, 2.45) is 5.92 Å². The van der Waals surface area contributed by atoms with Gasteiger partial charge in [-0.05, 0) is 11.5 Å². The van der Waals surface area contributed by atoms with Gasteiger partial charge in [0, 0.05) is 18.9 Å². The highest BCUT2D eigenvalue weighted by molar-refractivity contribution is 5.91. The number of carbonyl (C=O) groups excluding carboxylic acids is 1. The second-order valence-electron chi connectivity index (χ2n) is 4.36. The van der Waals surface area contributed by atoms with Gasteiger partial charge >= 0.3 is 0 Å². The number of allylic oxidation sites excluding steroid dienone is 2. The fraction of sp³-hybridized carbons (Fsp3) is 0.357. The molecule has 0 aromatic heterocycles. The second kappa shape index (κ2) is 6.11. The second-order valence-corrected chi connectivity index (χ2v) is 4.36. The minimum absolute atomic E-state index is 0.0515. The first kappa shape index (κ1) is 12.5.